The Morgan fingerprint density at radius 2 is 1.00 bits per heavy atom. The second-order valence-electron chi connectivity index (χ2n) is 16.3. The summed E-state index contributed by atoms with van der Waals surface area (Å²) >= 11 is 3.78. The Hall–Kier alpha value is -6.85. The fraction of sp³-hybridized carbons (Fsp3) is 0.208. The molecule has 2 N–H and O–H groups in total. The molecule has 0 unspecified atom stereocenters. The minimum Gasteiger partial charge on any atom is -0.744 e. The van der Waals surface area contributed by atoms with Gasteiger partial charge in [-0.15, -0.1) is 23.5 Å². The highest BCUT2D eigenvalue weighted by atomic mass is 32.2. The van der Waals surface area contributed by atoms with E-state index in [1.807, 2.05) is 79.0 Å². The van der Waals surface area contributed by atoms with Crippen LogP contribution in [0.5, 0.6) is 0 Å². The Kier molecular flexibility index (Phi) is 17.0. The van der Waals surface area contributed by atoms with Gasteiger partial charge in [0.1, 0.15) is 34.9 Å². The second kappa shape index (κ2) is 23.4. The number of benzene rings is 4. The quantitative estimate of drug-likeness (QED) is 0.0230. The lowest BCUT2D eigenvalue weighted by Crippen LogP contribution is -2.19. The molecule has 0 spiro atoms. The van der Waals surface area contributed by atoms with E-state index in [9.17, 15) is 22.6 Å². The van der Waals surface area contributed by atoms with E-state index in [1.54, 1.807) is 48.8 Å². The number of hydrogen-bond donors (Lipinski definition) is 2. The third-order valence-corrected chi connectivity index (χ3v) is 14.2. The van der Waals surface area contributed by atoms with Crippen LogP contribution in [-0.4, -0.2) is 57.9 Å². The van der Waals surface area contributed by atoms with Gasteiger partial charge in [0, 0.05) is 44.2 Å². The van der Waals surface area contributed by atoms with Crippen molar-refractivity contribution in [1.82, 2.24) is 20.0 Å². The number of aryl methyl sites for hydroxylation is 3. The molecule has 0 fully saturated rings. The Balaban J connectivity index is 0.000000563. The molecule has 0 saturated heterocycles. The molecule has 16 heteroatoms. The first kappa shape index (κ1) is 50.0. The first-order chi connectivity index (χ1) is 33.3. The Morgan fingerprint density at radius 3 is 1.38 bits per heavy atom. The zero-order chi connectivity index (χ0) is 48.9. The predicted molar refractivity (Wildman–Crippen MR) is 275 cm³/mol. The molecule has 8 aromatic rings. The molecule has 354 valence electrons. The van der Waals surface area contributed by atoms with Crippen molar-refractivity contribution >= 4 is 69.2 Å². The van der Waals surface area contributed by atoms with Gasteiger partial charge < -0.3 is 4.55 Å². The summed E-state index contributed by atoms with van der Waals surface area (Å²) in [7, 11) is -0.126. The van der Waals surface area contributed by atoms with Crippen molar-refractivity contribution in [3.05, 3.63) is 174 Å². The predicted octanol–water partition coefficient (Wildman–Crippen LogP) is 9.39. The zero-order valence-corrected chi connectivity index (χ0v) is 41.7. The molecule has 0 atom stereocenters. The fourth-order valence-electron chi connectivity index (χ4n) is 7.23. The van der Waals surface area contributed by atoms with Crippen LogP contribution in [0, 0.1) is 6.92 Å². The first-order valence-corrected chi connectivity index (χ1v) is 26.0. The lowest BCUT2D eigenvalue weighted by Gasteiger charge is -2.05. The van der Waals surface area contributed by atoms with Gasteiger partial charge in [0.25, 0.3) is 23.1 Å². The summed E-state index contributed by atoms with van der Waals surface area (Å²) in [5.41, 5.74) is 15.1. The van der Waals surface area contributed by atoms with E-state index in [1.165, 1.54) is 47.6 Å². The van der Waals surface area contributed by atoms with Crippen LogP contribution >= 0.6 is 23.5 Å². The number of carbonyl (C=O) groups excluding carboxylic acids is 2. The summed E-state index contributed by atoms with van der Waals surface area (Å²) in [6.07, 6.45) is 16.7. The molecule has 4 heterocycles. The number of nitrogens with one attached hydrogen (secondary N) is 2. The monoisotopic (exact) mass is 979 g/mol. The average Bonchev–Trinajstić information content (AvgIpc) is 3.86. The smallest absolute Gasteiger partial charge is 0.286 e. The topological polar surface area (TPSA) is 158 Å². The minimum absolute atomic E-state index is 0.178. The number of rotatable bonds is 17. The van der Waals surface area contributed by atoms with Crippen LogP contribution in [0.15, 0.2) is 171 Å². The van der Waals surface area contributed by atoms with Crippen molar-refractivity contribution < 1.29 is 31.4 Å². The van der Waals surface area contributed by atoms with Crippen LogP contribution in [0.4, 0.5) is 0 Å². The van der Waals surface area contributed by atoms with E-state index < -0.39 is 10.1 Å². The lowest BCUT2D eigenvalue weighted by atomic mass is 10.1. The van der Waals surface area contributed by atoms with Crippen LogP contribution < -0.4 is 19.7 Å². The van der Waals surface area contributed by atoms with E-state index in [0.29, 0.717) is 11.1 Å². The normalized spacial score (nSPS) is 11.6. The molecular weight excluding hydrogens is 925 g/mol. The van der Waals surface area contributed by atoms with Crippen molar-refractivity contribution in [2.24, 2.45) is 24.3 Å². The fourth-order valence-corrected chi connectivity index (χ4v) is 9.74. The molecule has 4 aromatic heterocycles. The molecular formula is C53H55N8O5S3+. The van der Waals surface area contributed by atoms with E-state index in [2.05, 4.69) is 116 Å². The van der Waals surface area contributed by atoms with Gasteiger partial charge in [-0.25, -0.2) is 37.2 Å². The number of imidazole rings is 2. The van der Waals surface area contributed by atoms with Crippen molar-refractivity contribution in [3.63, 3.8) is 0 Å². The molecule has 2 amide bonds. The highest BCUT2D eigenvalue weighted by Crippen LogP contribution is 2.25. The van der Waals surface area contributed by atoms with Crippen molar-refractivity contribution in [2.75, 3.05) is 11.5 Å². The Bertz CT molecular complexity index is 3040. The standard InChI is InChI=1S/C46H46N8O2S2.C7H8O3S/c1-5-7-25-57-39-21-23-43-51(3)41(31-53(43)29-39)35-13-9-33(10-14-35)27-47-49-45(55)37-17-19-38(20-18-37)46(56)50-48-28-34-11-15-36(16-12-34)42-32-54-30-40(58-26-8-6-2)22-24-44(54)52(42)4;1-6-2-4-7(5-3-6)11(8,9)10/h9-24,27-32H,5-8,25-26H2,1-4H3;2-5H,1H3,(H,8,9,10)/p+1/b47-27-,48-28-;. The SMILES string of the molecule is CCCCSc1ccc2n(C)c(-c3ccc(/C=N\NC(=O)c4ccc(C(=O)N/N=C\c5ccc(-c6c[n+]7cc(SCCCC)ccc7n6C)cc5)cc4)cc3)c[n+]2c1.Cc1ccc(S(=O)(=O)[O-])cc1. The number of amides is 2. The summed E-state index contributed by atoms with van der Waals surface area (Å²) in [6, 6.07) is 36.9. The number of thioether (sulfide) groups is 2. The van der Waals surface area contributed by atoms with Gasteiger partial charge in [-0.2, -0.15) is 10.2 Å². The average molecular weight is 980 g/mol. The summed E-state index contributed by atoms with van der Waals surface area (Å²) in [4.78, 5) is 27.9. The number of unbranched alkanes of at least 4 members (excludes halogenated alkanes) is 2. The summed E-state index contributed by atoms with van der Waals surface area (Å²) in [5.74, 6) is 1.49. The molecule has 13 nitrogen and oxygen atoms in total. The van der Waals surface area contributed by atoms with Gasteiger partial charge in [-0.3, -0.25) is 9.59 Å². The maximum atomic E-state index is 12.8. The first-order valence-electron chi connectivity index (χ1n) is 22.6. The Morgan fingerprint density at radius 1 is 0.594 bits per heavy atom. The molecule has 69 heavy (non-hydrogen) atoms. The van der Waals surface area contributed by atoms with Crippen LogP contribution in [0.2, 0.25) is 0 Å². The lowest BCUT2D eigenvalue weighted by molar-refractivity contribution is -0.512. The van der Waals surface area contributed by atoms with E-state index in [0.717, 1.165) is 62.0 Å². The minimum atomic E-state index is -4.27. The van der Waals surface area contributed by atoms with Crippen molar-refractivity contribution in [3.8, 4) is 22.5 Å². The Labute approximate surface area is 411 Å². The number of hydrazone groups is 2. The molecule has 0 aliphatic rings. The number of nitrogens with zero attached hydrogens (tertiary/aromatic N) is 6. The molecule has 0 radical (unpaired) electrons. The van der Waals surface area contributed by atoms with E-state index >= 15 is 0 Å². The van der Waals surface area contributed by atoms with Crippen LogP contribution in [0.3, 0.4) is 0 Å². The molecule has 0 aliphatic carbocycles. The van der Waals surface area contributed by atoms with Gasteiger partial charge in [-0.05, 0) is 115 Å². The molecule has 0 bridgehead atoms. The molecule has 0 saturated carbocycles. The van der Waals surface area contributed by atoms with Crippen LogP contribution in [-0.2, 0) is 24.2 Å². The third-order valence-electron chi connectivity index (χ3n) is 11.2. The number of carbonyl (C=O) groups is 2. The summed E-state index contributed by atoms with van der Waals surface area (Å²) in [6.45, 7) is 6.25. The number of hydrogen-bond acceptors (Lipinski definition) is 9. The highest BCUT2D eigenvalue weighted by molar-refractivity contribution is 7.99. The molecule has 0 aliphatic heterocycles. The van der Waals surface area contributed by atoms with Crippen molar-refractivity contribution in [1.29, 1.82) is 0 Å². The summed E-state index contributed by atoms with van der Waals surface area (Å²) in [5, 5.41) is 8.31. The zero-order valence-electron chi connectivity index (χ0n) is 39.2. The van der Waals surface area contributed by atoms with Gasteiger partial charge in [0.15, 0.2) is 11.4 Å². The molecule has 4 aromatic carbocycles. The highest BCUT2D eigenvalue weighted by Gasteiger charge is 2.18. The number of aromatic nitrogens is 4. The van der Waals surface area contributed by atoms with Gasteiger partial charge in [0.2, 0.25) is 0 Å². The van der Waals surface area contributed by atoms with Crippen LogP contribution in [0.1, 0.15) is 76.9 Å². The van der Waals surface area contributed by atoms with Crippen LogP contribution in [0.25, 0.3) is 33.8 Å². The van der Waals surface area contributed by atoms with E-state index in [4.69, 9.17) is 0 Å². The maximum Gasteiger partial charge on any atom is 0.286 e. The van der Waals surface area contributed by atoms with Gasteiger partial charge in [0.05, 0.1) is 31.4 Å². The number of pyridine rings is 2. The third kappa shape index (κ3) is 13.2. The maximum absolute atomic E-state index is 12.8. The molecule has 8 rings (SSSR count). The van der Waals surface area contributed by atoms with Gasteiger partial charge in [-0.1, -0.05) is 68.7 Å². The van der Waals surface area contributed by atoms with Crippen molar-refractivity contribution in [2.45, 2.75) is 61.1 Å². The number of fused-ring (bicyclic) bond motifs is 2. The van der Waals surface area contributed by atoms with E-state index in [-0.39, 0.29) is 16.7 Å². The largest absolute Gasteiger partial charge is 0.744 e. The van der Waals surface area contributed by atoms with Gasteiger partial charge >= 0.3 is 0 Å². The second-order valence-corrected chi connectivity index (χ2v) is 20.0. The summed E-state index contributed by atoms with van der Waals surface area (Å²) < 4.78 is 39.9.